The normalized spacial score (nSPS) is 15.0. The number of hydrogen-bond acceptors (Lipinski definition) is 4. The van der Waals surface area contributed by atoms with Gasteiger partial charge in [-0.15, -0.1) is 0 Å². The van der Waals surface area contributed by atoms with E-state index in [-0.39, 0.29) is 5.91 Å². The maximum Gasteiger partial charge on any atom is 0.253 e. The van der Waals surface area contributed by atoms with Gasteiger partial charge >= 0.3 is 0 Å². The Balaban J connectivity index is 1.42. The van der Waals surface area contributed by atoms with Gasteiger partial charge in [0.05, 0.1) is 0 Å². The lowest BCUT2D eigenvalue weighted by Crippen LogP contribution is -2.34. The maximum absolute atomic E-state index is 12.8. The first kappa shape index (κ1) is 18.7. The van der Waals surface area contributed by atoms with Crippen LogP contribution in [0.1, 0.15) is 34.7 Å². The summed E-state index contributed by atoms with van der Waals surface area (Å²) in [4.78, 5) is 19.2. The van der Waals surface area contributed by atoms with Crippen molar-refractivity contribution in [3.05, 3.63) is 65.5 Å². The topological polar surface area (TPSA) is 55.6 Å². The number of amides is 1. The summed E-state index contributed by atoms with van der Waals surface area (Å²) in [5, 5.41) is 0. The molecule has 0 saturated carbocycles. The predicted octanol–water partition coefficient (Wildman–Crippen LogP) is 4.11. The van der Waals surface area contributed by atoms with E-state index in [2.05, 4.69) is 17.1 Å². The van der Waals surface area contributed by atoms with Crippen molar-refractivity contribution in [2.75, 3.05) is 26.8 Å². The van der Waals surface area contributed by atoms with Crippen LogP contribution in [0.3, 0.4) is 0 Å². The van der Waals surface area contributed by atoms with Gasteiger partial charge in [-0.2, -0.15) is 0 Å². The van der Waals surface area contributed by atoms with E-state index in [1.54, 1.807) is 0 Å². The molecule has 1 aliphatic rings. The number of nitrogens with zero attached hydrogens (tertiary/aromatic N) is 2. The van der Waals surface area contributed by atoms with Crippen molar-refractivity contribution >= 4 is 17.0 Å². The number of aromatic nitrogens is 1. The van der Waals surface area contributed by atoms with E-state index in [4.69, 9.17) is 9.15 Å². The minimum absolute atomic E-state index is 0.0298. The molecule has 28 heavy (non-hydrogen) atoms. The SMILES string of the molecule is CN(CC1CCOCC1)C(=O)c1ccc2oc(CCc3ccccc3)nc2c1. The number of rotatable bonds is 6. The van der Waals surface area contributed by atoms with E-state index < -0.39 is 0 Å². The molecule has 2 aromatic carbocycles. The van der Waals surface area contributed by atoms with Crippen LogP contribution >= 0.6 is 0 Å². The van der Waals surface area contributed by atoms with Crippen molar-refractivity contribution in [2.24, 2.45) is 5.92 Å². The van der Waals surface area contributed by atoms with Crippen molar-refractivity contribution in [2.45, 2.75) is 25.7 Å². The second-order valence-corrected chi connectivity index (χ2v) is 7.52. The average molecular weight is 378 g/mol. The molecule has 0 radical (unpaired) electrons. The molecule has 146 valence electrons. The first-order chi connectivity index (χ1) is 13.7. The molecular weight excluding hydrogens is 352 g/mol. The Bertz CT molecular complexity index is 929. The number of benzene rings is 2. The van der Waals surface area contributed by atoms with Crippen molar-refractivity contribution in [1.82, 2.24) is 9.88 Å². The van der Waals surface area contributed by atoms with E-state index in [0.717, 1.165) is 56.5 Å². The summed E-state index contributed by atoms with van der Waals surface area (Å²) in [6, 6.07) is 15.8. The molecule has 0 spiro atoms. The third-order valence-electron chi connectivity index (χ3n) is 5.37. The lowest BCUT2D eigenvalue weighted by Gasteiger charge is -2.27. The standard InChI is InChI=1S/C23H26N2O3/c1-25(16-18-11-13-27-14-12-18)23(26)19-8-9-21-20(15-19)24-22(28-21)10-7-17-5-3-2-4-6-17/h2-6,8-9,15,18H,7,10-14,16H2,1H3. The highest BCUT2D eigenvalue weighted by Crippen LogP contribution is 2.21. The highest BCUT2D eigenvalue weighted by atomic mass is 16.5. The summed E-state index contributed by atoms with van der Waals surface area (Å²) in [7, 11) is 1.87. The number of carbonyl (C=O) groups is 1. The molecule has 0 atom stereocenters. The van der Waals surface area contributed by atoms with Gasteiger partial charge in [0.15, 0.2) is 11.5 Å². The van der Waals surface area contributed by atoms with Crippen molar-refractivity contribution in [3.63, 3.8) is 0 Å². The molecule has 5 nitrogen and oxygen atoms in total. The van der Waals surface area contributed by atoms with Crippen LogP contribution in [-0.2, 0) is 17.6 Å². The van der Waals surface area contributed by atoms with Gasteiger partial charge in [0, 0.05) is 38.8 Å². The van der Waals surface area contributed by atoms with Crippen LogP contribution in [0, 0.1) is 5.92 Å². The van der Waals surface area contributed by atoms with Crippen LogP contribution in [-0.4, -0.2) is 42.6 Å². The fourth-order valence-electron chi connectivity index (χ4n) is 3.73. The fourth-order valence-corrected chi connectivity index (χ4v) is 3.73. The molecule has 0 bridgehead atoms. The molecule has 1 amide bonds. The van der Waals surface area contributed by atoms with Crippen molar-refractivity contribution in [3.8, 4) is 0 Å². The van der Waals surface area contributed by atoms with Gasteiger partial charge in [0.1, 0.15) is 5.52 Å². The summed E-state index contributed by atoms with van der Waals surface area (Å²) < 4.78 is 11.3. The molecule has 0 aliphatic carbocycles. The summed E-state index contributed by atoms with van der Waals surface area (Å²) >= 11 is 0. The molecule has 1 aliphatic heterocycles. The molecule has 0 N–H and O–H groups in total. The summed E-state index contributed by atoms with van der Waals surface area (Å²) in [5.41, 5.74) is 3.39. The Hall–Kier alpha value is -2.66. The second-order valence-electron chi connectivity index (χ2n) is 7.52. The number of carbonyl (C=O) groups excluding carboxylic acids is 1. The largest absolute Gasteiger partial charge is 0.441 e. The molecule has 0 unspecified atom stereocenters. The molecule has 1 fully saturated rings. The average Bonchev–Trinajstić information content (AvgIpc) is 3.15. The third kappa shape index (κ3) is 4.42. The van der Waals surface area contributed by atoms with E-state index in [1.165, 1.54) is 5.56 Å². The highest BCUT2D eigenvalue weighted by molar-refractivity contribution is 5.97. The van der Waals surface area contributed by atoms with Gasteiger partial charge in [-0.25, -0.2) is 4.98 Å². The molecule has 3 aromatic rings. The molecule has 5 heteroatoms. The summed E-state index contributed by atoms with van der Waals surface area (Å²) in [6.45, 7) is 2.36. The number of hydrogen-bond donors (Lipinski definition) is 0. The third-order valence-corrected chi connectivity index (χ3v) is 5.37. The van der Waals surface area contributed by atoms with Crippen LogP contribution in [0.25, 0.3) is 11.1 Å². The van der Waals surface area contributed by atoms with E-state index in [1.807, 2.05) is 48.3 Å². The van der Waals surface area contributed by atoms with Crippen LogP contribution < -0.4 is 0 Å². The first-order valence-electron chi connectivity index (χ1n) is 9.95. The van der Waals surface area contributed by atoms with Crippen LogP contribution in [0.4, 0.5) is 0 Å². The van der Waals surface area contributed by atoms with Crippen LogP contribution in [0.5, 0.6) is 0 Å². The Morgan fingerprint density at radius 3 is 2.68 bits per heavy atom. The highest BCUT2D eigenvalue weighted by Gasteiger charge is 2.20. The Morgan fingerprint density at radius 2 is 1.89 bits per heavy atom. The van der Waals surface area contributed by atoms with Gasteiger partial charge in [-0.05, 0) is 48.9 Å². The van der Waals surface area contributed by atoms with Gasteiger partial charge < -0.3 is 14.1 Å². The molecule has 2 heterocycles. The monoisotopic (exact) mass is 378 g/mol. The molecule has 4 rings (SSSR count). The Morgan fingerprint density at radius 1 is 1.11 bits per heavy atom. The minimum Gasteiger partial charge on any atom is -0.441 e. The summed E-state index contributed by atoms with van der Waals surface area (Å²) in [5.74, 6) is 1.25. The zero-order chi connectivity index (χ0) is 19.3. The summed E-state index contributed by atoms with van der Waals surface area (Å²) in [6.07, 6.45) is 3.66. The van der Waals surface area contributed by atoms with Gasteiger partial charge in [0.2, 0.25) is 0 Å². The predicted molar refractivity (Wildman–Crippen MR) is 108 cm³/mol. The Labute approximate surface area is 165 Å². The first-order valence-corrected chi connectivity index (χ1v) is 9.95. The van der Waals surface area contributed by atoms with E-state index in [0.29, 0.717) is 17.4 Å². The smallest absolute Gasteiger partial charge is 0.253 e. The Kier molecular flexibility index (Phi) is 5.72. The molecule has 1 saturated heterocycles. The zero-order valence-corrected chi connectivity index (χ0v) is 16.3. The van der Waals surface area contributed by atoms with E-state index in [9.17, 15) is 4.79 Å². The second kappa shape index (κ2) is 8.57. The minimum atomic E-state index is 0.0298. The molecule has 1 aromatic heterocycles. The van der Waals surface area contributed by atoms with Crippen molar-refractivity contribution in [1.29, 1.82) is 0 Å². The van der Waals surface area contributed by atoms with Crippen LogP contribution in [0.15, 0.2) is 52.9 Å². The van der Waals surface area contributed by atoms with Gasteiger partial charge in [-0.3, -0.25) is 4.79 Å². The number of fused-ring (bicyclic) bond motifs is 1. The van der Waals surface area contributed by atoms with E-state index >= 15 is 0 Å². The zero-order valence-electron chi connectivity index (χ0n) is 16.3. The van der Waals surface area contributed by atoms with Gasteiger partial charge in [-0.1, -0.05) is 30.3 Å². The fraction of sp³-hybridized carbons (Fsp3) is 0.391. The van der Waals surface area contributed by atoms with Gasteiger partial charge in [0.25, 0.3) is 5.91 Å². The van der Waals surface area contributed by atoms with Crippen LogP contribution in [0.2, 0.25) is 0 Å². The molecular formula is C23H26N2O3. The number of ether oxygens (including phenoxy) is 1. The lowest BCUT2D eigenvalue weighted by atomic mass is 9.99. The van der Waals surface area contributed by atoms with Crippen molar-refractivity contribution < 1.29 is 13.9 Å². The quantitative estimate of drug-likeness (QED) is 0.648. The number of aryl methyl sites for hydroxylation is 2. The number of oxazole rings is 1. The lowest BCUT2D eigenvalue weighted by molar-refractivity contribution is 0.0497. The maximum atomic E-state index is 12.8.